The summed E-state index contributed by atoms with van der Waals surface area (Å²) in [6, 6.07) is 0.483. The molecule has 0 spiro atoms. The summed E-state index contributed by atoms with van der Waals surface area (Å²) in [7, 11) is 6.22. The van der Waals surface area contributed by atoms with E-state index in [2.05, 4.69) is 28.9 Å². The molecule has 0 amide bonds. The van der Waals surface area contributed by atoms with Crippen LogP contribution in [-0.2, 0) is 0 Å². The van der Waals surface area contributed by atoms with Gasteiger partial charge in [0.2, 0.25) is 0 Å². The molecule has 1 aliphatic rings. The molecule has 0 aromatic heterocycles. The lowest BCUT2D eigenvalue weighted by Crippen LogP contribution is -2.36. The first kappa shape index (κ1) is 13.3. The molecule has 0 radical (unpaired) electrons. The molecule has 1 saturated carbocycles. The molecule has 4 heteroatoms. The Morgan fingerprint density at radius 2 is 1.81 bits per heavy atom. The zero-order chi connectivity index (χ0) is 12.0. The Balaban J connectivity index is 2.25. The standard InChI is InChI=1S/C12H26N4/c1-15(2)9-6-10-16(3)12(13)14-11-7-4-5-8-11/h11H,4-10H2,1-3H3,(H2,13,14). The molecule has 1 fully saturated rings. The summed E-state index contributed by atoms with van der Waals surface area (Å²) in [5.41, 5.74) is 5.98. The van der Waals surface area contributed by atoms with Crippen molar-refractivity contribution in [3.8, 4) is 0 Å². The number of nitrogens with two attached hydrogens (primary N) is 1. The van der Waals surface area contributed by atoms with Gasteiger partial charge in [0.05, 0.1) is 6.04 Å². The minimum atomic E-state index is 0.483. The molecular formula is C12H26N4. The van der Waals surface area contributed by atoms with Crippen LogP contribution in [0.15, 0.2) is 4.99 Å². The number of hydrogen-bond acceptors (Lipinski definition) is 2. The molecule has 94 valence electrons. The van der Waals surface area contributed by atoms with Crippen molar-refractivity contribution in [2.24, 2.45) is 10.7 Å². The minimum Gasteiger partial charge on any atom is -0.370 e. The summed E-state index contributed by atoms with van der Waals surface area (Å²) in [6.45, 7) is 2.08. The second-order valence-corrected chi connectivity index (χ2v) is 5.00. The van der Waals surface area contributed by atoms with Crippen LogP contribution in [0.5, 0.6) is 0 Å². The first-order valence-corrected chi connectivity index (χ1v) is 6.28. The van der Waals surface area contributed by atoms with Gasteiger partial charge in [0.1, 0.15) is 0 Å². The Bertz CT molecular complexity index is 219. The van der Waals surface area contributed by atoms with E-state index in [0.717, 1.165) is 19.5 Å². The topological polar surface area (TPSA) is 44.9 Å². The van der Waals surface area contributed by atoms with Gasteiger partial charge in [-0.1, -0.05) is 12.8 Å². The molecule has 1 aliphatic carbocycles. The van der Waals surface area contributed by atoms with Gasteiger partial charge in [0.25, 0.3) is 0 Å². The monoisotopic (exact) mass is 226 g/mol. The molecule has 0 unspecified atom stereocenters. The summed E-state index contributed by atoms with van der Waals surface area (Å²) >= 11 is 0. The molecule has 0 bridgehead atoms. The van der Waals surface area contributed by atoms with Crippen LogP contribution in [0.25, 0.3) is 0 Å². The third-order valence-electron chi connectivity index (χ3n) is 3.13. The fourth-order valence-electron chi connectivity index (χ4n) is 2.06. The predicted molar refractivity (Wildman–Crippen MR) is 69.7 cm³/mol. The quantitative estimate of drug-likeness (QED) is 0.564. The number of nitrogens with zero attached hydrogens (tertiary/aromatic N) is 3. The summed E-state index contributed by atoms with van der Waals surface area (Å²) in [6.07, 6.45) is 6.18. The van der Waals surface area contributed by atoms with Gasteiger partial charge >= 0.3 is 0 Å². The smallest absolute Gasteiger partial charge is 0.191 e. The molecule has 16 heavy (non-hydrogen) atoms. The van der Waals surface area contributed by atoms with Crippen LogP contribution in [0, 0.1) is 0 Å². The van der Waals surface area contributed by atoms with Gasteiger partial charge < -0.3 is 15.5 Å². The zero-order valence-electron chi connectivity index (χ0n) is 10.9. The zero-order valence-corrected chi connectivity index (χ0v) is 10.9. The molecule has 0 aromatic rings. The lowest BCUT2D eigenvalue weighted by molar-refractivity contribution is 0.368. The summed E-state index contributed by atoms with van der Waals surface area (Å²) < 4.78 is 0. The molecule has 0 atom stereocenters. The van der Waals surface area contributed by atoms with Crippen molar-refractivity contribution in [2.45, 2.75) is 38.1 Å². The van der Waals surface area contributed by atoms with Crippen molar-refractivity contribution >= 4 is 5.96 Å². The molecule has 0 saturated heterocycles. The molecule has 4 nitrogen and oxygen atoms in total. The van der Waals surface area contributed by atoms with Gasteiger partial charge in [-0.3, -0.25) is 0 Å². The second-order valence-electron chi connectivity index (χ2n) is 5.00. The van der Waals surface area contributed by atoms with Crippen LogP contribution in [0.3, 0.4) is 0 Å². The number of guanidine groups is 1. The third kappa shape index (κ3) is 4.84. The Hall–Kier alpha value is -0.770. The van der Waals surface area contributed by atoms with Gasteiger partial charge in [-0.15, -0.1) is 0 Å². The van der Waals surface area contributed by atoms with E-state index < -0.39 is 0 Å². The van der Waals surface area contributed by atoms with Crippen LogP contribution >= 0.6 is 0 Å². The van der Waals surface area contributed by atoms with Gasteiger partial charge in [0, 0.05) is 13.6 Å². The van der Waals surface area contributed by atoms with Crippen LogP contribution in [0.2, 0.25) is 0 Å². The molecule has 0 heterocycles. The fraction of sp³-hybridized carbons (Fsp3) is 0.917. The normalized spacial score (nSPS) is 18.4. The van der Waals surface area contributed by atoms with Gasteiger partial charge in [-0.05, 0) is 39.9 Å². The van der Waals surface area contributed by atoms with Gasteiger partial charge in [-0.2, -0.15) is 0 Å². The Labute approximate surface area is 99.5 Å². The maximum absolute atomic E-state index is 5.98. The van der Waals surface area contributed by atoms with Crippen LogP contribution in [0.1, 0.15) is 32.1 Å². The van der Waals surface area contributed by atoms with Gasteiger partial charge in [0.15, 0.2) is 5.96 Å². The number of rotatable bonds is 5. The van der Waals surface area contributed by atoms with Crippen molar-refractivity contribution in [1.29, 1.82) is 0 Å². The maximum atomic E-state index is 5.98. The Morgan fingerprint density at radius 3 is 2.38 bits per heavy atom. The third-order valence-corrected chi connectivity index (χ3v) is 3.13. The van der Waals surface area contributed by atoms with Crippen molar-refractivity contribution in [2.75, 3.05) is 34.2 Å². The predicted octanol–water partition coefficient (Wildman–Crippen LogP) is 1.13. The van der Waals surface area contributed by atoms with Crippen molar-refractivity contribution in [3.63, 3.8) is 0 Å². The Kier molecular flexibility index (Phi) is 5.60. The summed E-state index contributed by atoms with van der Waals surface area (Å²) in [4.78, 5) is 8.84. The van der Waals surface area contributed by atoms with Crippen molar-refractivity contribution in [3.05, 3.63) is 0 Å². The van der Waals surface area contributed by atoms with Crippen LogP contribution in [-0.4, -0.2) is 56.0 Å². The highest BCUT2D eigenvalue weighted by Crippen LogP contribution is 2.20. The van der Waals surface area contributed by atoms with E-state index in [4.69, 9.17) is 5.73 Å². The van der Waals surface area contributed by atoms with Crippen LogP contribution < -0.4 is 5.73 Å². The van der Waals surface area contributed by atoms with E-state index in [1.165, 1.54) is 25.7 Å². The van der Waals surface area contributed by atoms with E-state index in [1.54, 1.807) is 0 Å². The highest BCUT2D eigenvalue weighted by Gasteiger charge is 2.14. The average Bonchev–Trinajstić information content (AvgIpc) is 2.69. The number of aliphatic imine (C=N–C) groups is 1. The SMILES string of the molecule is CN(C)CCCN(C)C(N)=NC1CCCC1. The first-order chi connectivity index (χ1) is 7.59. The molecular weight excluding hydrogens is 200 g/mol. The Morgan fingerprint density at radius 1 is 1.19 bits per heavy atom. The summed E-state index contributed by atoms with van der Waals surface area (Å²) in [5.74, 6) is 0.714. The van der Waals surface area contributed by atoms with E-state index >= 15 is 0 Å². The minimum absolute atomic E-state index is 0.483. The van der Waals surface area contributed by atoms with Crippen LogP contribution in [0.4, 0.5) is 0 Å². The van der Waals surface area contributed by atoms with E-state index in [-0.39, 0.29) is 0 Å². The molecule has 0 aliphatic heterocycles. The molecule has 2 N–H and O–H groups in total. The largest absolute Gasteiger partial charge is 0.370 e. The lowest BCUT2D eigenvalue weighted by atomic mass is 10.3. The molecule has 1 rings (SSSR count). The van der Waals surface area contributed by atoms with Gasteiger partial charge in [-0.25, -0.2) is 4.99 Å². The summed E-state index contributed by atoms with van der Waals surface area (Å²) in [5, 5.41) is 0. The maximum Gasteiger partial charge on any atom is 0.191 e. The fourth-order valence-corrected chi connectivity index (χ4v) is 2.06. The lowest BCUT2D eigenvalue weighted by Gasteiger charge is -2.20. The second kappa shape index (κ2) is 6.74. The van der Waals surface area contributed by atoms with E-state index in [1.807, 2.05) is 7.05 Å². The highest BCUT2D eigenvalue weighted by molar-refractivity contribution is 5.77. The first-order valence-electron chi connectivity index (χ1n) is 6.28. The highest BCUT2D eigenvalue weighted by atomic mass is 15.2. The number of hydrogen-bond donors (Lipinski definition) is 1. The van der Waals surface area contributed by atoms with Crippen molar-refractivity contribution < 1.29 is 0 Å². The van der Waals surface area contributed by atoms with E-state index in [0.29, 0.717) is 12.0 Å². The average molecular weight is 226 g/mol. The van der Waals surface area contributed by atoms with Crippen molar-refractivity contribution in [1.82, 2.24) is 9.80 Å². The molecule has 0 aromatic carbocycles. The van der Waals surface area contributed by atoms with E-state index in [9.17, 15) is 0 Å².